The van der Waals surface area contributed by atoms with E-state index in [9.17, 15) is 0 Å². The van der Waals surface area contributed by atoms with Gasteiger partial charge in [-0.3, -0.25) is 0 Å². The maximum Gasteiger partial charge on any atom is 0.0149 e. The molecule has 0 saturated heterocycles. The lowest BCUT2D eigenvalue weighted by atomic mass is 9.74. The van der Waals surface area contributed by atoms with Crippen LogP contribution in [-0.4, -0.2) is 12.6 Å². The zero-order valence-corrected chi connectivity index (χ0v) is 11.2. The van der Waals surface area contributed by atoms with Crippen LogP contribution in [0.25, 0.3) is 0 Å². The molecular weight excluding hydrogens is 194 g/mol. The maximum absolute atomic E-state index is 3.89. The summed E-state index contributed by atoms with van der Waals surface area (Å²) in [5.41, 5.74) is 0.615. The summed E-state index contributed by atoms with van der Waals surface area (Å²) in [7, 11) is 0. The van der Waals surface area contributed by atoms with Crippen molar-refractivity contribution in [3.05, 3.63) is 0 Å². The Morgan fingerprint density at radius 3 is 2.31 bits per heavy atom. The first-order valence-corrected chi connectivity index (χ1v) is 7.49. The summed E-state index contributed by atoms with van der Waals surface area (Å²) in [5.74, 6) is 0.981. The van der Waals surface area contributed by atoms with E-state index in [1.54, 1.807) is 0 Å². The third-order valence-electron chi connectivity index (χ3n) is 4.98. The third kappa shape index (κ3) is 2.61. The second-order valence-corrected chi connectivity index (χ2v) is 6.34. The van der Waals surface area contributed by atoms with Crippen molar-refractivity contribution in [1.29, 1.82) is 0 Å². The van der Waals surface area contributed by atoms with Crippen molar-refractivity contribution in [3.63, 3.8) is 0 Å². The maximum atomic E-state index is 3.89. The molecule has 2 aliphatic rings. The normalized spacial score (nSPS) is 27.4. The molecule has 2 rings (SSSR count). The Kier molecular flexibility index (Phi) is 4.29. The first-order valence-electron chi connectivity index (χ1n) is 7.49. The zero-order chi connectivity index (χ0) is 11.4. The summed E-state index contributed by atoms with van der Waals surface area (Å²) >= 11 is 0. The molecule has 1 N–H and O–H groups in total. The number of hydrogen-bond donors (Lipinski definition) is 1. The number of rotatable bonds is 5. The van der Waals surface area contributed by atoms with E-state index in [1.165, 1.54) is 64.3 Å². The molecule has 2 fully saturated rings. The van der Waals surface area contributed by atoms with Gasteiger partial charge in [-0.15, -0.1) is 0 Å². The van der Waals surface area contributed by atoms with Crippen molar-refractivity contribution in [3.8, 4) is 0 Å². The van der Waals surface area contributed by atoms with Gasteiger partial charge in [0, 0.05) is 6.04 Å². The van der Waals surface area contributed by atoms with Gasteiger partial charge in [0.05, 0.1) is 0 Å². The van der Waals surface area contributed by atoms with Crippen LogP contribution >= 0.6 is 0 Å². The van der Waals surface area contributed by atoms with Gasteiger partial charge in [-0.05, 0) is 50.0 Å². The van der Waals surface area contributed by atoms with Crippen LogP contribution in [0.2, 0.25) is 0 Å². The van der Waals surface area contributed by atoms with Crippen LogP contribution in [-0.2, 0) is 0 Å². The lowest BCUT2D eigenvalue weighted by Crippen LogP contribution is -2.47. The fourth-order valence-electron chi connectivity index (χ4n) is 4.07. The van der Waals surface area contributed by atoms with Crippen LogP contribution < -0.4 is 5.32 Å². The Morgan fingerprint density at radius 1 is 1.12 bits per heavy atom. The van der Waals surface area contributed by atoms with Crippen LogP contribution in [0.3, 0.4) is 0 Å². The van der Waals surface area contributed by atoms with Gasteiger partial charge in [-0.1, -0.05) is 39.5 Å². The quantitative estimate of drug-likeness (QED) is 0.739. The molecular formula is C15H29N. The third-order valence-corrected chi connectivity index (χ3v) is 4.98. The highest BCUT2D eigenvalue weighted by molar-refractivity contribution is 4.96. The van der Waals surface area contributed by atoms with Crippen molar-refractivity contribution in [1.82, 2.24) is 5.32 Å². The summed E-state index contributed by atoms with van der Waals surface area (Å²) in [6, 6.07) is 0.817. The Hall–Kier alpha value is -0.0400. The lowest BCUT2D eigenvalue weighted by Gasteiger charge is -2.39. The topological polar surface area (TPSA) is 12.0 Å². The van der Waals surface area contributed by atoms with E-state index >= 15 is 0 Å². The summed E-state index contributed by atoms with van der Waals surface area (Å²) in [4.78, 5) is 0. The molecule has 0 aliphatic heterocycles. The lowest BCUT2D eigenvalue weighted by molar-refractivity contribution is 0.160. The molecule has 0 aromatic carbocycles. The predicted octanol–water partition coefficient (Wildman–Crippen LogP) is 4.13. The first-order chi connectivity index (χ1) is 7.76. The van der Waals surface area contributed by atoms with E-state index in [0.717, 1.165) is 12.0 Å². The Balaban J connectivity index is 2.00. The molecule has 0 aromatic heterocycles. The summed E-state index contributed by atoms with van der Waals surface area (Å²) in [6.45, 7) is 6.05. The fraction of sp³-hybridized carbons (Fsp3) is 1.00. The van der Waals surface area contributed by atoms with E-state index in [-0.39, 0.29) is 0 Å². The molecule has 1 heteroatoms. The Labute approximate surface area is 101 Å². The van der Waals surface area contributed by atoms with Crippen molar-refractivity contribution in [2.45, 2.75) is 77.7 Å². The minimum atomic E-state index is 0.615. The zero-order valence-electron chi connectivity index (χ0n) is 11.2. The molecule has 0 aromatic rings. The highest BCUT2D eigenvalue weighted by Gasteiger charge is 2.41. The van der Waals surface area contributed by atoms with Crippen LogP contribution in [0, 0.1) is 11.3 Å². The van der Waals surface area contributed by atoms with E-state index in [2.05, 4.69) is 19.2 Å². The fourth-order valence-corrected chi connectivity index (χ4v) is 4.07. The molecule has 0 amide bonds. The molecule has 2 aliphatic carbocycles. The van der Waals surface area contributed by atoms with Crippen LogP contribution in [0.1, 0.15) is 71.6 Å². The molecule has 16 heavy (non-hydrogen) atoms. The number of hydrogen-bond acceptors (Lipinski definition) is 1. The molecule has 94 valence electrons. The van der Waals surface area contributed by atoms with Gasteiger partial charge in [0.25, 0.3) is 0 Å². The van der Waals surface area contributed by atoms with Crippen molar-refractivity contribution in [2.75, 3.05) is 6.54 Å². The van der Waals surface area contributed by atoms with Gasteiger partial charge in [0.15, 0.2) is 0 Å². The molecule has 0 radical (unpaired) electrons. The van der Waals surface area contributed by atoms with Crippen molar-refractivity contribution >= 4 is 0 Å². The molecule has 0 spiro atoms. The predicted molar refractivity (Wildman–Crippen MR) is 70.6 cm³/mol. The monoisotopic (exact) mass is 223 g/mol. The van der Waals surface area contributed by atoms with E-state index in [0.29, 0.717) is 5.41 Å². The van der Waals surface area contributed by atoms with E-state index in [1.807, 2.05) is 0 Å². The molecule has 0 bridgehead atoms. The average molecular weight is 223 g/mol. The molecule has 2 saturated carbocycles. The summed E-state index contributed by atoms with van der Waals surface area (Å²) in [6.07, 6.45) is 13.1. The van der Waals surface area contributed by atoms with Gasteiger partial charge in [-0.25, -0.2) is 0 Å². The number of nitrogens with one attached hydrogen (secondary N) is 1. The van der Waals surface area contributed by atoms with Gasteiger partial charge >= 0.3 is 0 Å². The van der Waals surface area contributed by atoms with Crippen LogP contribution in [0.4, 0.5) is 0 Å². The van der Waals surface area contributed by atoms with E-state index in [4.69, 9.17) is 0 Å². The molecule has 0 heterocycles. The average Bonchev–Trinajstić information content (AvgIpc) is 2.91. The second-order valence-electron chi connectivity index (χ2n) is 6.34. The van der Waals surface area contributed by atoms with Gasteiger partial charge < -0.3 is 5.32 Å². The largest absolute Gasteiger partial charge is 0.313 e. The van der Waals surface area contributed by atoms with Gasteiger partial charge in [-0.2, -0.15) is 0 Å². The van der Waals surface area contributed by atoms with Gasteiger partial charge in [0.1, 0.15) is 0 Å². The highest BCUT2D eigenvalue weighted by Crippen LogP contribution is 2.46. The smallest absolute Gasteiger partial charge is 0.0149 e. The molecule has 1 nitrogen and oxygen atoms in total. The first kappa shape index (κ1) is 12.4. The minimum absolute atomic E-state index is 0.615. The highest BCUT2D eigenvalue weighted by atomic mass is 14.9. The minimum Gasteiger partial charge on any atom is -0.313 e. The Morgan fingerprint density at radius 2 is 1.75 bits per heavy atom. The standard InChI is InChI=1S/C15H29N/c1-3-12-16-14(13-8-4-5-9-13)15(2)10-6-7-11-15/h13-14,16H,3-12H2,1-2H3. The second kappa shape index (κ2) is 5.53. The van der Waals surface area contributed by atoms with Crippen molar-refractivity contribution in [2.24, 2.45) is 11.3 Å². The van der Waals surface area contributed by atoms with Crippen LogP contribution in [0.15, 0.2) is 0 Å². The van der Waals surface area contributed by atoms with Crippen LogP contribution in [0.5, 0.6) is 0 Å². The SMILES string of the molecule is CCCNC(C1CCCC1)C1(C)CCCC1. The summed E-state index contributed by atoms with van der Waals surface area (Å²) < 4.78 is 0. The van der Waals surface area contributed by atoms with Gasteiger partial charge in [0.2, 0.25) is 0 Å². The Bertz CT molecular complexity index is 199. The molecule has 1 atom stereocenters. The van der Waals surface area contributed by atoms with Crippen molar-refractivity contribution < 1.29 is 0 Å². The molecule has 1 unspecified atom stereocenters. The summed E-state index contributed by atoms with van der Waals surface area (Å²) in [5, 5.41) is 3.89. The van der Waals surface area contributed by atoms with E-state index < -0.39 is 0 Å².